The van der Waals surface area contributed by atoms with Crippen molar-refractivity contribution in [2.45, 2.75) is 25.2 Å². The predicted molar refractivity (Wildman–Crippen MR) is 115 cm³/mol. The third-order valence-electron chi connectivity index (χ3n) is 5.81. The quantitative estimate of drug-likeness (QED) is 0.522. The minimum Gasteiger partial charge on any atom is -0.302 e. The van der Waals surface area contributed by atoms with Gasteiger partial charge in [0.15, 0.2) is 5.78 Å². The van der Waals surface area contributed by atoms with Crippen LogP contribution in [0.15, 0.2) is 78.9 Å². The van der Waals surface area contributed by atoms with E-state index in [2.05, 4.69) is 59.5 Å². The van der Waals surface area contributed by atoms with E-state index in [9.17, 15) is 9.18 Å². The Morgan fingerprint density at radius 2 is 1.66 bits per heavy atom. The van der Waals surface area contributed by atoms with E-state index >= 15 is 0 Å². The number of nitrogens with zero attached hydrogens (tertiary/aromatic N) is 1. The van der Waals surface area contributed by atoms with Gasteiger partial charge in [0.05, 0.1) is 0 Å². The highest BCUT2D eigenvalue weighted by molar-refractivity contribution is 5.95. The minimum atomic E-state index is -0.308. The highest BCUT2D eigenvalue weighted by atomic mass is 19.1. The molecule has 4 rings (SSSR count). The molecule has 0 aromatic heterocycles. The van der Waals surface area contributed by atoms with Gasteiger partial charge in [-0.3, -0.25) is 4.79 Å². The van der Waals surface area contributed by atoms with Crippen LogP contribution in [0.1, 0.15) is 45.8 Å². The summed E-state index contributed by atoms with van der Waals surface area (Å²) in [4.78, 5) is 14.9. The summed E-state index contributed by atoms with van der Waals surface area (Å²) in [6, 6.07) is 25.3. The standard InChI is InChI=1S/C26H26FNO/c27-23-14-12-22(13-15-23)26(29)11-6-17-28-18-16-21-9-4-5-10-24(21)25(19-28)20-7-2-1-3-8-20/h1-5,7-10,12-15,25H,6,11,16-19H2. The van der Waals surface area contributed by atoms with Crippen LogP contribution in [-0.2, 0) is 6.42 Å². The predicted octanol–water partition coefficient (Wildman–Crippen LogP) is 5.48. The summed E-state index contributed by atoms with van der Waals surface area (Å²) in [5.41, 5.74) is 4.78. The van der Waals surface area contributed by atoms with Crippen molar-refractivity contribution in [1.29, 1.82) is 0 Å². The average molecular weight is 387 g/mol. The van der Waals surface area contributed by atoms with Crippen LogP contribution in [0, 0.1) is 5.82 Å². The summed E-state index contributed by atoms with van der Waals surface area (Å²) in [5, 5.41) is 0. The lowest BCUT2D eigenvalue weighted by Gasteiger charge is -2.25. The van der Waals surface area contributed by atoms with Crippen molar-refractivity contribution in [3.63, 3.8) is 0 Å². The largest absolute Gasteiger partial charge is 0.302 e. The maximum Gasteiger partial charge on any atom is 0.162 e. The molecule has 2 nitrogen and oxygen atoms in total. The van der Waals surface area contributed by atoms with Gasteiger partial charge in [0, 0.05) is 31.0 Å². The molecule has 3 heteroatoms. The molecule has 0 radical (unpaired) electrons. The molecular formula is C26H26FNO. The Morgan fingerprint density at radius 1 is 0.931 bits per heavy atom. The molecule has 0 bridgehead atoms. The summed E-state index contributed by atoms with van der Waals surface area (Å²) in [6.45, 7) is 2.86. The van der Waals surface area contributed by atoms with Gasteiger partial charge in [-0.2, -0.15) is 0 Å². The smallest absolute Gasteiger partial charge is 0.162 e. The molecule has 0 aliphatic carbocycles. The van der Waals surface area contributed by atoms with Crippen molar-refractivity contribution >= 4 is 5.78 Å². The van der Waals surface area contributed by atoms with E-state index in [1.54, 1.807) is 12.1 Å². The molecule has 0 spiro atoms. The van der Waals surface area contributed by atoms with Crippen molar-refractivity contribution in [2.75, 3.05) is 19.6 Å². The third-order valence-corrected chi connectivity index (χ3v) is 5.81. The molecule has 1 aliphatic rings. The molecule has 0 amide bonds. The fourth-order valence-corrected chi connectivity index (χ4v) is 4.24. The Balaban J connectivity index is 1.42. The van der Waals surface area contributed by atoms with E-state index in [0.717, 1.165) is 32.5 Å². The number of halogens is 1. The van der Waals surface area contributed by atoms with Gasteiger partial charge in [0.25, 0.3) is 0 Å². The van der Waals surface area contributed by atoms with E-state index in [1.165, 1.54) is 28.8 Å². The van der Waals surface area contributed by atoms with Crippen molar-refractivity contribution < 1.29 is 9.18 Å². The SMILES string of the molecule is O=C(CCCN1CCc2ccccc2C(c2ccccc2)C1)c1ccc(F)cc1. The summed E-state index contributed by atoms with van der Waals surface area (Å²) in [6.07, 6.45) is 2.34. The fraction of sp³-hybridized carbons (Fsp3) is 0.269. The van der Waals surface area contributed by atoms with E-state index in [-0.39, 0.29) is 11.6 Å². The van der Waals surface area contributed by atoms with Crippen molar-refractivity contribution in [3.05, 3.63) is 107 Å². The normalized spacial score (nSPS) is 16.8. The van der Waals surface area contributed by atoms with Crippen LogP contribution in [0.3, 0.4) is 0 Å². The molecule has 148 valence electrons. The fourth-order valence-electron chi connectivity index (χ4n) is 4.24. The Hall–Kier alpha value is -2.78. The number of ketones is 1. The summed E-state index contributed by atoms with van der Waals surface area (Å²) in [7, 11) is 0. The lowest BCUT2D eigenvalue weighted by atomic mass is 9.88. The van der Waals surface area contributed by atoms with Crippen LogP contribution >= 0.6 is 0 Å². The number of carbonyl (C=O) groups excluding carboxylic acids is 1. The second-order valence-electron chi connectivity index (χ2n) is 7.75. The summed E-state index contributed by atoms with van der Waals surface area (Å²) in [5.74, 6) is 0.128. The van der Waals surface area contributed by atoms with Gasteiger partial charge < -0.3 is 4.90 Å². The zero-order valence-corrected chi connectivity index (χ0v) is 16.6. The average Bonchev–Trinajstić information content (AvgIpc) is 2.95. The Labute approximate surface area is 172 Å². The van der Waals surface area contributed by atoms with Crippen molar-refractivity contribution in [3.8, 4) is 0 Å². The molecule has 1 atom stereocenters. The van der Waals surface area contributed by atoms with Crippen LogP contribution in [0.4, 0.5) is 4.39 Å². The molecular weight excluding hydrogens is 361 g/mol. The molecule has 1 heterocycles. The highest BCUT2D eigenvalue weighted by Gasteiger charge is 2.24. The Bertz CT molecular complexity index is 952. The molecule has 1 unspecified atom stereocenters. The molecule has 29 heavy (non-hydrogen) atoms. The molecule has 3 aromatic carbocycles. The van der Waals surface area contributed by atoms with Gasteiger partial charge in [0.2, 0.25) is 0 Å². The molecule has 0 saturated carbocycles. The van der Waals surface area contributed by atoms with Crippen LogP contribution in [0.25, 0.3) is 0 Å². The van der Waals surface area contributed by atoms with Gasteiger partial charge in [0.1, 0.15) is 5.82 Å². The number of benzene rings is 3. The van der Waals surface area contributed by atoms with Gasteiger partial charge in [-0.1, -0.05) is 54.6 Å². The van der Waals surface area contributed by atoms with Crippen LogP contribution < -0.4 is 0 Å². The van der Waals surface area contributed by atoms with Gasteiger partial charge in [-0.25, -0.2) is 4.39 Å². The number of carbonyl (C=O) groups is 1. The zero-order valence-electron chi connectivity index (χ0n) is 16.6. The van der Waals surface area contributed by atoms with E-state index in [0.29, 0.717) is 17.9 Å². The van der Waals surface area contributed by atoms with E-state index in [4.69, 9.17) is 0 Å². The summed E-state index contributed by atoms with van der Waals surface area (Å²) >= 11 is 0. The van der Waals surface area contributed by atoms with Crippen molar-refractivity contribution in [1.82, 2.24) is 4.90 Å². The molecule has 0 saturated heterocycles. The number of hydrogen-bond acceptors (Lipinski definition) is 2. The van der Waals surface area contributed by atoms with Crippen LogP contribution in [-0.4, -0.2) is 30.3 Å². The van der Waals surface area contributed by atoms with Crippen molar-refractivity contribution in [2.24, 2.45) is 0 Å². The molecule has 0 N–H and O–H groups in total. The van der Waals surface area contributed by atoms with Gasteiger partial charge in [-0.15, -0.1) is 0 Å². The number of fused-ring (bicyclic) bond motifs is 1. The van der Waals surface area contributed by atoms with Gasteiger partial charge in [-0.05, 0) is 60.3 Å². The second kappa shape index (κ2) is 9.15. The monoisotopic (exact) mass is 387 g/mol. The maximum atomic E-state index is 13.1. The molecule has 0 fully saturated rings. The molecule has 1 aliphatic heterocycles. The first kappa shape index (κ1) is 19.5. The van der Waals surface area contributed by atoms with E-state index in [1.807, 2.05) is 0 Å². The number of Topliss-reactive ketones (excluding diaryl/α,β-unsaturated/α-hetero) is 1. The number of rotatable bonds is 6. The molecule has 3 aromatic rings. The first-order chi connectivity index (χ1) is 14.2. The first-order valence-electron chi connectivity index (χ1n) is 10.3. The minimum absolute atomic E-state index is 0.0858. The third kappa shape index (κ3) is 4.80. The second-order valence-corrected chi connectivity index (χ2v) is 7.75. The topological polar surface area (TPSA) is 20.3 Å². The maximum absolute atomic E-state index is 13.1. The highest BCUT2D eigenvalue weighted by Crippen LogP contribution is 2.31. The lowest BCUT2D eigenvalue weighted by molar-refractivity contribution is 0.0974. The number of hydrogen-bond donors (Lipinski definition) is 0. The Kier molecular flexibility index (Phi) is 6.16. The van der Waals surface area contributed by atoms with Crippen LogP contribution in [0.2, 0.25) is 0 Å². The van der Waals surface area contributed by atoms with Crippen LogP contribution in [0.5, 0.6) is 0 Å². The van der Waals surface area contributed by atoms with Gasteiger partial charge >= 0.3 is 0 Å². The summed E-state index contributed by atoms with van der Waals surface area (Å²) < 4.78 is 13.1. The lowest BCUT2D eigenvalue weighted by Crippen LogP contribution is -2.30. The zero-order chi connectivity index (χ0) is 20.1. The Morgan fingerprint density at radius 3 is 2.45 bits per heavy atom. The first-order valence-corrected chi connectivity index (χ1v) is 10.3. The van der Waals surface area contributed by atoms with E-state index < -0.39 is 0 Å².